The number of hydrogen-bond donors (Lipinski definition) is 1. The van der Waals surface area contributed by atoms with Gasteiger partial charge in [0, 0.05) is 12.1 Å². The Bertz CT molecular complexity index is 800. The summed E-state index contributed by atoms with van der Waals surface area (Å²) in [4.78, 5) is 2.54. The number of tetrazole rings is 1. The van der Waals surface area contributed by atoms with Crippen molar-refractivity contribution in [1.82, 2.24) is 25.1 Å². The van der Waals surface area contributed by atoms with Crippen LogP contribution in [0.3, 0.4) is 0 Å². The summed E-state index contributed by atoms with van der Waals surface area (Å²) in [5.41, 5.74) is 0.243. The minimum atomic E-state index is -0.758. The van der Waals surface area contributed by atoms with E-state index in [1.54, 1.807) is 7.11 Å². The molecule has 0 amide bonds. The first kappa shape index (κ1) is 18.1. The molecule has 2 atom stereocenters. The largest absolute Gasteiger partial charge is 0.497 e. The van der Waals surface area contributed by atoms with Gasteiger partial charge in [-0.3, -0.25) is 4.90 Å². The predicted octanol–water partition coefficient (Wildman–Crippen LogP) is 2.81. The van der Waals surface area contributed by atoms with Gasteiger partial charge in [-0.1, -0.05) is 25.0 Å². The number of hydrogen-bond acceptors (Lipinski definition) is 6. The Kier molecular flexibility index (Phi) is 4.59. The molecule has 28 heavy (non-hydrogen) atoms. The number of ether oxygens (including phenoxy) is 1. The fourth-order valence-corrected chi connectivity index (χ4v) is 5.62. The lowest BCUT2D eigenvalue weighted by atomic mass is 9.80. The molecule has 7 heteroatoms. The van der Waals surface area contributed by atoms with Crippen molar-refractivity contribution in [3.05, 3.63) is 35.7 Å². The molecule has 3 fully saturated rings. The molecular formula is C21H29N5O2. The zero-order chi connectivity index (χ0) is 19.1. The standard InChI is InChI=1S/C21H29N5O2/c1-28-19-10-6-15(7-11-19)21(27)12-17-8-9-18(13-21)25(17)14-20-22-23-24-26(20)16-4-2-3-5-16/h6-7,10-11,16-18,27H,2-5,8-9,12-14H2,1H3. The van der Waals surface area contributed by atoms with Crippen LogP contribution in [-0.4, -0.2) is 49.4 Å². The van der Waals surface area contributed by atoms with Crippen LogP contribution in [0.5, 0.6) is 5.75 Å². The van der Waals surface area contributed by atoms with Gasteiger partial charge in [-0.05, 0) is 66.6 Å². The Morgan fingerprint density at radius 2 is 1.71 bits per heavy atom. The van der Waals surface area contributed by atoms with E-state index >= 15 is 0 Å². The summed E-state index contributed by atoms with van der Waals surface area (Å²) in [6.45, 7) is 0.789. The van der Waals surface area contributed by atoms with E-state index in [1.165, 1.54) is 25.7 Å². The van der Waals surface area contributed by atoms with Gasteiger partial charge in [0.15, 0.2) is 5.82 Å². The van der Waals surface area contributed by atoms with Gasteiger partial charge in [0.2, 0.25) is 0 Å². The van der Waals surface area contributed by atoms with Gasteiger partial charge in [-0.2, -0.15) is 0 Å². The lowest BCUT2D eigenvalue weighted by Crippen LogP contribution is -2.49. The maximum atomic E-state index is 11.4. The number of aromatic nitrogens is 4. The maximum Gasteiger partial charge on any atom is 0.165 e. The molecule has 2 aromatic rings. The van der Waals surface area contributed by atoms with Crippen molar-refractivity contribution < 1.29 is 9.84 Å². The molecule has 1 aliphatic carbocycles. The predicted molar refractivity (Wildman–Crippen MR) is 104 cm³/mol. The van der Waals surface area contributed by atoms with E-state index in [-0.39, 0.29) is 0 Å². The zero-order valence-corrected chi connectivity index (χ0v) is 16.5. The molecular weight excluding hydrogens is 354 g/mol. The molecule has 1 N–H and O–H groups in total. The van der Waals surface area contributed by atoms with Crippen LogP contribution in [0.1, 0.15) is 68.8 Å². The van der Waals surface area contributed by atoms with E-state index in [1.807, 2.05) is 24.3 Å². The average Bonchev–Trinajstić information content (AvgIpc) is 3.44. The summed E-state index contributed by atoms with van der Waals surface area (Å²) in [6, 6.07) is 9.11. The van der Waals surface area contributed by atoms with E-state index in [0.717, 1.165) is 49.4 Å². The Labute approximate surface area is 165 Å². The lowest BCUT2D eigenvalue weighted by Gasteiger charge is -2.44. The molecule has 1 saturated carbocycles. The summed E-state index contributed by atoms with van der Waals surface area (Å²) in [5.74, 6) is 1.81. The minimum Gasteiger partial charge on any atom is -0.497 e. The zero-order valence-electron chi connectivity index (χ0n) is 16.5. The highest BCUT2D eigenvalue weighted by Crippen LogP contribution is 2.46. The molecule has 3 heterocycles. The number of aliphatic hydroxyl groups is 1. The highest BCUT2D eigenvalue weighted by molar-refractivity contribution is 5.32. The van der Waals surface area contributed by atoms with E-state index in [2.05, 4.69) is 25.1 Å². The second-order valence-corrected chi connectivity index (χ2v) is 8.70. The second kappa shape index (κ2) is 7.12. The fraction of sp³-hybridized carbons (Fsp3) is 0.667. The van der Waals surface area contributed by atoms with Crippen molar-refractivity contribution in [2.75, 3.05) is 7.11 Å². The van der Waals surface area contributed by atoms with Gasteiger partial charge >= 0.3 is 0 Å². The molecule has 7 nitrogen and oxygen atoms in total. The topological polar surface area (TPSA) is 76.3 Å². The third-order valence-corrected chi connectivity index (χ3v) is 7.10. The number of fused-ring (bicyclic) bond motifs is 2. The Morgan fingerprint density at radius 1 is 1.04 bits per heavy atom. The van der Waals surface area contributed by atoms with Gasteiger partial charge in [-0.15, -0.1) is 5.10 Å². The number of methoxy groups -OCH3 is 1. The highest BCUT2D eigenvalue weighted by atomic mass is 16.5. The summed E-state index contributed by atoms with van der Waals surface area (Å²) in [5, 5.41) is 24.1. The van der Waals surface area contributed by atoms with Gasteiger partial charge in [-0.25, -0.2) is 4.68 Å². The van der Waals surface area contributed by atoms with E-state index < -0.39 is 5.60 Å². The Morgan fingerprint density at radius 3 is 2.36 bits per heavy atom. The fourth-order valence-electron chi connectivity index (χ4n) is 5.62. The van der Waals surface area contributed by atoms with Crippen LogP contribution in [0.2, 0.25) is 0 Å². The first-order valence-corrected chi connectivity index (χ1v) is 10.6. The van der Waals surface area contributed by atoms with Crippen LogP contribution in [0.4, 0.5) is 0 Å². The summed E-state index contributed by atoms with van der Waals surface area (Å²) < 4.78 is 7.33. The summed E-state index contributed by atoms with van der Waals surface area (Å²) in [7, 11) is 1.67. The number of piperidine rings is 1. The molecule has 0 spiro atoms. The van der Waals surface area contributed by atoms with Crippen molar-refractivity contribution in [2.24, 2.45) is 0 Å². The molecule has 2 unspecified atom stereocenters. The smallest absolute Gasteiger partial charge is 0.165 e. The number of benzene rings is 1. The first-order chi connectivity index (χ1) is 13.7. The van der Waals surface area contributed by atoms with Crippen LogP contribution in [0, 0.1) is 0 Å². The summed E-state index contributed by atoms with van der Waals surface area (Å²) >= 11 is 0. The Balaban J connectivity index is 1.33. The molecule has 3 aliphatic rings. The molecule has 5 rings (SSSR count). The molecule has 1 aromatic carbocycles. The van der Waals surface area contributed by atoms with Crippen LogP contribution in [0.15, 0.2) is 24.3 Å². The number of rotatable bonds is 5. The monoisotopic (exact) mass is 383 g/mol. The van der Waals surface area contributed by atoms with Gasteiger partial charge in [0.1, 0.15) is 5.75 Å². The maximum absolute atomic E-state index is 11.4. The second-order valence-electron chi connectivity index (χ2n) is 8.70. The van der Waals surface area contributed by atoms with Crippen molar-refractivity contribution in [3.63, 3.8) is 0 Å². The molecule has 1 aromatic heterocycles. The van der Waals surface area contributed by atoms with Crippen LogP contribution < -0.4 is 4.74 Å². The van der Waals surface area contributed by atoms with Crippen molar-refractivity contribution >= 4 is 0 Å². The third-order valence-electron chi connectivity index (χ3n) is 7.10. The normalized spacial score (nSPS) is 30.8. The summed E-state index contributed by atoms with van der Waals surface area (Å²) in [6.07, 6.45) is 8.70. The van der Waals surface area contributed by atoms with Gasteiger partial charge in [0.05, 0.1) is 25.3 Å². The molecule has 0 radical (unpaired) electrons. The van der Waals surface area contributed by atoms with E-state index in [4.69, 9.17) is 4.74 Å². The van der Waals surface area contributed by atoms with Crippen LogP contribution >= 0.6 is 0 Å². The van der Waals surface area contributed by atoms with E-state index in [9.17, 15) is 5.11 Å². The van der Waals surface area contributed by atoms with Crippen molar-refractivity contribution in [1.29, 1.82) is 0 Å². The molecule has 2 bridgehead atoms. The minimum absolute atomic E-state index is 0.375. The Hall–Kier alpha value is -1.99. The highest BCUT2D eigenvalue weighted by Gasteiger charge is 2.48. The van der Waals surface area contributed by atoms with E-state index in [0.29, 0.717) is 18.1 Å². The van der Waals surface area contributed by atoms with Gasteiger partial charge in [0.25, 0.3) is 0 Å². The first-order valence-electron chi connectivity index (χ1n) is 10.6. The van der Waals surface area contributed by atoms with Gasteiger partial charge < -0.3 is 9.84 Å². The molecule has 2 aliphatic heterocycles. The van der Waals surface area contributed by atoms with Crippen molar-refractivity contribution in [3.8, 4) is 5.75 Å². The average molecular weight is 383 g/mol. The van der Waals surface area contributed by atoms with Crippen LogP contribution in [0.25, 0.3) is 0 Å². The SMILES string of the molecule is COc1ccc(C2(O)CC3CCC(C2)N3Cc2nnnn2C2CCCC2)cc1. The number of nitrogens with zero attached hydrogens (tertiary/aromatic N) is 5. The van der Waals surface area contributed by atoms with Crippen LogP contribution in [-0.2, 0) is 12.1 Å². The third kappa shape index (κ3) is 3.10. The quantitative estimate of drug-likeness (QED) is 0.856. The lowest BCUT2D eigenvalue weighted by molar-refractivity contribution is -0.0605. The molecule has 2 saturated heterocycles. The van der Waals surface area contributed by atoms with Crippen molar-refractivity contribution in [2.45, 2.75) is 81.6 Å². The molecule has 150 valence electrons.